The Morgan fingerprint density at radius 1 is 1.47 bits per heavy atom. The molecule has 3 heterocycles. The van der Waals surface area contributed by atoms with Gasteiger partial charge in [0.1, 0.15) is 5.82 Å². The summed E-state index contributed by atoms with van der Waals surface area (Å²) < 4.78 is 0. The van der Waals surface area contributed by atoms with Gasteiger partial charge in [-0.05, 0) is 12.5 Å². The van der Waals surface area contributed by atoms with E-state index in [1.807, 2.05) is 6.07 Å². The minimum atomic E-state index is -0.263. The second kappa shape index (κ2) is 3.29. The molecule has 2 atom stereocenters. The van der Waals surface area contributed by atoms with E-state index in [0.29, 0.717) is 13.0 Å². The van der Waals surface area contributed by atoms with Crippen molar-refractivity contribution in [2.45, 2.75) is 18.6 Å². The van der Waals surface area contributed by atoms with Gasteiger partial charge in [-0.3, -0.25) is 4.98 Å². The number of pyridine rings is 1. The molecule has 5 nitrogen and oxygen atoms in total. The topological polar surface area (TPSA) is 73.8 Å². The second-order valence-electron chi connectivity index (χ2n) is 3.87. The summed E-state index contributed by atoms with van der Waals surface area (Å²) in [5, 5.41) is 12.6. The number of nitrogens with zero attached hydrogens (tertiary/aromatic N) is 2. The van der Waals surface area contributed by atoms with Gasteiger partial charge in [0.05, 0.1) is 29.4 Å². The lowest BCUT2D eigenvalue weighted by Gasteiger charge is -2.04. The average Bonchev–Trinajstić information content (AvgIpc) is 2.82. The number of nitrogens with one attached hydrogen (secondary N) is 2. The number of H-pyrrole nitrogens is 1. The monoisotopic (exact) mass is 204 g/mol. The number of aromatic nitrogens is 3. The highest BCUT2D eigenvalue weighted by Crippen LogP contribution is 2.22. The molecule has 3 N–H and O–H groups in total. The Hall–Kier alpha value is -1.46. The van der Waals surface area contributed by atoms with Crippen LogP contribution in [0.4, 0.5) is 0 Å². The van der Waals surface area contributed by atoms with Crippen LogP contribution in [-0.2, 0) is 0 Å². The van der Waals surface area contributed by atoms with Crippen LogP contribution in [0.2, 0.25) is 0 Å². The van der Waals surface area contributed by atoms with Crippen molar-refractivity contribution in [3.63, 3.8) is 0 Å². The van der Waals surface area contributed by atoms with E-state index in [9.17, 15) is 5.11 Å². The number of β-amino-alcohol motifs (C(OH)–C–C–N with tert-alkyl or cyclic N) is 1. The summed E-state index contributed by atoms with van der Waals surface area (Å²) >= 11 is 0. The van der Waals surface area contributed by atoms with E-state index in [-0.39, 0.29) is 12.1 Å². The van der Waals surface area contributed by atoms with Crippen LogP contribution >= 0.6 is 0 Å². The smallest absolute Gasteiger partial charge is 0.124 e. The van der Waals surface area contributed by atoms with Crippen LogP contribution in [0.3, 0.4) is 0 Å². The predicted molar refractivity (Wildman–Crippen MR) is 55.3 cm³/mol. The number of aliphatic hydroxyl groups excluding tert-OH is 1. The number of rotatable bonds is 1. The molecule has 0 aliphatic carbocycles. The molecule has 0 saturated carbocycles. The standard InChI is InChI=1S/C10H12N4O/c15-6-3-8(12-4-6)10-13-7-1-2-11-5-9(7)14-10/h1-2,5-6,8,12,15H,3-4H2,(H,13,14)/t6-,8+/m0/s1. The molecule has 2 aromatic rings. The maximum Gasteiger partial charge on any atom is 0.124 e. The van der Waals surface area contributed by atoms with E-state index in [4.69, 9.17) is 0 Å². The third kappa shape index (κ3) is 1.49. The molecule has 78 valence electrons. The van der Waals surface area contributed by atoms with E-state index >= 15 is 0 Å². The minimum absolute atomic E-state index is 0.132. The summed E-state index contributed by atoms with van der Waals surface area (Å²) in [6.45, 7) is 0.639. The molecular formula is C10H12N4O. The Balaban J connectivity index is 1.98. The Morgan fingerprint density at radius 3 is 3.13 bits per heavy atom. The lowest BCUT2D eigenvalue weighted by molar-refractivity contribution is 0.193. The van der Waals surface area contributed by atoms with Crippen molar-refractivity contribution in [1.82, 2.24) is 20.3 Å². The fourth-order valence-electron chi connectivity index (χ4n) is 1.97. The molecule has 0 unspecified atom stereocenters. The van der Waals surface area contributed by atoms with E-state index < -0.39 is 0 Å². The van der Waals surface area contributed by atoms with E-state index in [2.05, 4.69) is 20.3 Å². The quantitative estimate of drug-likeness (QED) is 0.626. The maximum absolute atomic E-state index is 9.42. The summed E-state index contributed by atoms with van der Waals surface area (Å²) in [6, 6.07) is 2.01. The molecule has 0 spiro atoms. The second-order valence-corrected chi connectivity index (χ2v) is 3.87. The summed E-state index contributed by atoms with van der Waals surface area (Å²) in [4.78, 5) is 11.7. The normalized spacial score (nSPS) is 26.2. The Kier molecular flexibility index (Phi) is 1.93. The molecule has 5 heteroatoms. The lowest BCUT2D eigenvalue weighted by Crippen LogP contribution is -2.15. The third-order valence-corrected chi connectivity index (χ3v) is 2.74. The molecule has 1 fully saturated rings. The fourth-order valence-corrected chi connectivity index (χ4v) is 1.97. The van der Waals surface area contributed by atoms with E-state index in [0.717, 1.165) is 16.9 Å². The highest BCUT2D eigenvalue weighted by molar-refractivity contribution is 5.73. The molecular weight excluding hydrogens is 192 g/mol. The van der Waals surface area contributed by atoms with Crippen LogP contribution in [0.1, 0.15) is 18.3 Å². The largest absolute Gasteiger partial charge is 0.392 e. The van der Waals surface area contributed by atoms with Gasteiger partial charge in [-0.2, -0.15) is 0 Å². The van der Waals surface area contributed by atoms with Crippen LogP contribution in [0.15, 0.2) is 18.5 Å². The minimum Gasteiger partial charge on any atom is -0.392 e. The van der Waals surface area contributed by atoms with Gasteiger partial charge in [0.25, 0.3) is 0 Å². The Morgan fingerprint density at radius 2 is 2.40 bits per heavy atom. The Bertz CT molecular complexity index is 448. The summed E-state index contributed by atoms with van der Waals surface area (Å²) in [6.07, 6.45) is 3.94. The number of aliphatic hydroxyl groups is 1. The molecule has 3 rings (SSSR count). The average molecular weight is 204 g/mol. The molecule has 1 saturated heterocycles. The van der Waals surface area contributed by atoms with Crippen molar-refractivity contribution in [2.24, 2.45) is 0 Å². The predicted octanol–water partition coefficient (Wildman–Crippen LogP) is 0.353. The first-order chi connectivity index (χ1) is 7.33. The Labute approximate surface area is 86.6 Å². The number of imidazole rings is 1. The van der Waals surface area contributed by atoms with Gasteiger partial charge in [-0.15, -0.1) is 0 Å². The first-order valence-corrected chi connectivity index (χ1v) is 5.04. The van der Waals surface area contributed by atoms with Crippen molar-refractivity contribution < 1.29 is 5.11 Å². The number of fused-ring (bicyclic) bond motifs is 1. The highest BCUT2D eigenvalue weighted by Gasteiger charge is 2.25. The number of hydrogen-bond acceptors (Lipinski definition) is 4. The number of hydrogen-bond donors (Lipinski definition) is 3. The highest BCUT2D eigenvalue weighted by atomic mass is 16.3. The molecule has 15 heavy (non-hydrogen) atoms. The van der Waals surface area contributed by atoms with Gasteiger partial charge >= 0.3 is 0 Å². The molecule has 0 amide bonds. The molecule has 2 aromatic heterocycles. The SMILES string of the molecule is O[C@@H]1CN[C@@H](c2nc3ccncc3[nH]2)C1. The van der Waals surface area contributed by atoms with Crippen LogP contribution in [0.25, 0.3) is 11.0 Å². The summed E-state index contributed by atoms with van der Waals surface area (Å²) in [5.74, 6) is 0.884. The molecule has 0 aromatic carbocycles. The van der Waals surface area contributed by atoms with Gasteiger partial charge in [-0.25, -0.2) is 4.98 Å². The van der Waals surface area contributed by atoms with E-state index in [1.54, 1.807) is 12.4 Å². The zero-order chi connectivity index (χ0) is 10.3. The van der Waals surface area contributed by atoms with Crippen LogP contribution in [-0.4, -0.2) is 32.7 Å². The van der Waals surface area contributed by atoms with Crippen LogP contribution in [0, 0.1) is 0 Å². The van der Waals surface area contributed by atoms with Gasteiger partial charge in [0.15, 0.2) is 0 Å². The van der Waals surface area contributed by atoms with Gasteiger partial charge < -0.3 is 15.4 Å². The molecule has 1 aliphatic heterocycles. The first-order valence-electron chi connectivity index (χ1n) is 5.04. The van der Waals surface area contributed by atoms with Crippen LogP contribution < -0.4 is 5.32 Å². The van der Waals surface area contributed by atoms with Crippen molar-refractivity contribution >= 4 is 11.0 Å². The zero-order valence-electron chi connectivity index (χ0n) is 8.14. The van der Waals surface area contributed by atoms with Crippen molar-refractivity contribution in [2.75, 3.05) is 6.54 Å². The van der Waals surface area contributed by atoms with Crippen LogP contribution in [0.5, 0.6) is 0 Å². The van der Waals surface area contributed by atoms with E-state index in [1.165, 1.54) is 0 Å². The first kappa shape index (κ1) is 8.82. The summed E-state index contributed by atoms with van der Waals surface area (Å²) in [7, 11) is 0. The molecule has 0 radical (unpaired) electrons. The molecule has 1 aliphatic rings. The van der Waals surface area contributed by atoms with Gasteiger partial charge in [-0.1, -0.05) is 0 Å². The van der Waals surface area contributed by atoms with Crippen molar-refractivity contribution in [3.8, 4) is 0 Å². The van der Waals surface area contributed by atoms with Crippen molar-refractivity contribution in [3.05, 3.63) is 24.3 Å². The van der Waals surface area contributed by atoms with Gasteiger partial charge in [0.2, 0.25) is 0 Å². The van der Waals surface area contributed by atoms with Crippen molar-refractivity contribution in [1.29, 1.82) is 0 Å². The fraction of sp³-hybridized carbons (Fsp3) is 0.400. The van der Waals surface area contributed by atoms with Gasteiger partial charge in [0, 0.05) is 12.7 Å². The molecule has 0 bridgehead atoms. The maximum atomic E-state index is 9.42. The zero-order valence-corrected chi connectivity index (χ0v) is 8.14. The number of aromatic amines is 1. The third-order valence-electron chi connectivity index (χ3n) is 2.74. The summed E-state index contributed by atoms with van der Waals surface area (Å²) in [5.41, 5.74) is 1.86. The lowest BCUT2D eigenvalue weighted by atomic mass is 10.2.